The first kappa shape index (κ1) is 20.1. The lowest BCUT2D eigenvalue weighted by atomic mass is 9.93. The standard InChI is InChI=1S/C18H23BrN2O5/c1-5-7-12-14(17(22)26-6-2)15(21-18(23)20-12)10-8-11(19)16(25-4)13(9-10)24-3/h8-9,15H,5-7H2,1-4H3,(H2,20,21,23). The first-order valence-corrected chi connectivity index (χ1v) is 9.15. The van der Waals surface area contributed by atoms with Gasteiger partial charge in [-0.2, -0.15) is 0 Å². The molecule has 2 N–H and O–H groups in total. The molecule has 0 aliphatic carbocycles. The maximum atomic E-state index is 12.6. The van der Waals surface area contributed by atoms with E-state index in [1.165, 1.54) is 14.2 Å². The normalized spacial score (nSPS) is 16.7. The number of carbonyl (C=O) groups excluding carboxylic acids is 2. The van der Waals surface area contributed by atoms with Crippen LogP contribution in [0.4, 0.5) is 4.79 Å². The fourth-order valence-corrected chi connectivity index (χ4v) is 3.49. The van der Waals surface area contributed by atoms with Gasteiger partial charge in [-0.3, -0.25) is 0 Å². The van der Waals surface area contributed by atoms with Crippen LogP contribution in [0.5, 0.6) is 11.5 Å². The first-order chi connectivity index (χ1) is 12.5. The number of halogens is 1. The molecular weight excluding hydrogens is 404 g/mol. The fraction of sp³-hybridized carbons (Fsp3) is 0.444. The summed E-state index contributed by atoms with van der Waals surface area (Å²) in [7, 11) is 3.07. The Labute approximate surface area is 161 Å². The zero-order chi connectivity index (χ0) is 19.3. The monoisotopic (exact) mass is 426 g/mol. The van der Waals surface area contributed by atoms with Gasteiger partial charge in [-0.25, -0.2) is 9.59 Å². The highest BCUT2D eigenvalue weighted by Crippen LogP contribution is 2.40. The Morgan fingerprint density at radius 3 is 2.54 bits per heavy atom. The quantitative estimate of drug-likeness (QED) is 0.652. The zero-order valence-electron chi connectivity index (χ0n) is 15.3. The molecule has 1 heterocycles. The number of methoxy groups -OCH3 is 2. The van der Waals surface area contributed by atoms with E-state index in [-0.39, 0.29) is 12.6 Å². The SMILES string of the molecule is CCCC1=C(C(=O)OCC)C(c2cc(Br)c(OC)c(OC)c2)NC(=O)N1. The van der Waals surface area contributed by atoms with Crippen molar-refractivity contribution in [3.8, 4) is 11.5 Å². The molecule has 0 saturated carbocycles. The van der Waals surface area contributed by atoms with Crippen molar-refractivity contribution in [2.75, 3.05) is 20.8 Å². The highest BCUT2D eigenvalue weighted by atomic mass is 79.9. The molecule has 142 valence electrons. The first-order valence-electron chi connectivity index (χ1n) is 8.35. The van der Waals surface area contributed by atoms with E-state index in [0.29, 0.717) is 39.2 Å². The molecule has 1 aromatic rings. The van der Waals surface area contributed by atoms with Crippen molar-refractivity contribution < 1.29 is 23.8 Å². The largest absolute Gasteiger partial charge is 0.493 e. The Kier molecular flexibility index (Phi) is 6.90. The number of rotatable bonds is 7. The van der Waals surface area contributed by atoms with Crippen molar-refractivity contribution in [1.29, 1.82) is 0 Å². The van der Waals surface area contributed by atoms with Crippen molar-refractivity contribution in [2.45, 2.75) is 32.7 Å². The molecular formula is C18H23BrN2O5. The molecule has 8 heteroatoms. The molecule has 26 heavy (non-hydrogen) atoms. The number of hydrogen-bond acceptors (Lipinski definition) is 5. The van der Waals surface area contributed by atoms with Gasteiger partial charge in [0.05, 0.1) is 36.9 Å². The molecule has 0 radical (unpaired) electrons. The predicted molar refractivity (Wildman–Crippen MR) is 100 cm³/mol. The lowest BCUT2D eigenvalue weighted by molar-refractivity contribution is -0.139. The topological polar surface area (TPSA) is 85.9 Å². The van der Waals surface area contributed by atoms with E-state index < -0.39 is 12.0 Å². The molecule has 2 rings (SSSR count). The van der Waals surface area contributed by atoms with E-state index in [1.807, 2.05) is 6.92 Å². The molecule has 2 amide bonds. The summed E-state index contributed by atoms with van der Waals surface area (Å²) < 4.78 is 16.6. The van der Waals surface area contributed by atoms with Gasteiger partial charge in [0.2, 0.25) is 0 Å². The van der Waals surface area contributed by atoms with Crippen LogP contribution in [0.1, 0.15) is 38.3 Å². The third-order valence-electron chi connectivity index (χ3n) is 3.94. The summed E-state index contributed by atoms with van der Waals surface area (Å²) in [6.07, 6.45) is 1.34. The average Bonchev–Trinajstić information content (AvgIpc) is 2.60. The Hall–Kier alpha value is -2.22. The Morgan fingerprint density at radius 2 is 1.96 bits per heavy atom. The molecule has 1 aliphatic rings. The van der Waals surface area contributed by atoms with Gasteiger partial charge in [-0.05, 0) is 47.0 Å². The van der Waals surface area contributed by atoms with Crippen LogP contribution < -0.4 is 20.1 Å². The van der Waals surface area contributed by atoms with Crippen LogP contribution in [0, 0.1) is 0 Å². The number of hydrogen-bond donors (Lipinski definition) is 2. The zero-order valence-corrected chi connectivity index (χ0v) is 16.9. The summed E-state index contributed by atoms with van der Waals surface area (Å²) in [5.74, 6) is 0.566. The van der Waals surface area contributed by atoms with Crippen LogP contribution >= 0.6 is 15.9 Å². The minimum Gasteiger partial charge on any atom is -0.493 e. The van der Waals surface area contributed by atoms with Crippen LogP contribution in [0.3, 0.4) is 0 Å². The molecule has 0 spiro atoms. The Balaban J connectivity index is 2.60. The molecule has 1 atom stereocenters. The summed E-state index contributed by atoms with van der Waals surface area (Å²) >= 11 is 3.45. The Morgan fingerprint density at radius 1 is 1.23 bits per heavy atom. The summed E-state index contributed by atoms with van der Waals surface area (Å²) in [4.78, 5) is 24.7. The second-order valence-corrected chi connectivity index (χ2v) is 6.49. The van der Waals surface area contributed by atoms with Crippen molar-refractivity contribution in [3.63, 3.8) is 0 Å². The summed E-state index contributed by atoms with van der Waals surface area (Å²) in [6, 6.07) is 2.51. The summed E-state index contributed by atoms with van der Waals surface area (Å²) in [5.41, 5.74) is 1.65. The number of urea groups is 1. The van der Waals surface area contributed by atoms with Gasteiger partial charge in [0.25, 0.3) is 0 Å². The van der Waals surface area contributed by atoms with E-state index in [4.69, 9.17) is 14.2 Å². The third-order valence-corrected chi connectivity index (χ3v) is 4.53. The number of ether oxygens (including phenoxy) is 3. The van der Waals surface area contributed by atoms with Crippen LogP contribution in [0.15, 0.2) is 27.9 Å². The average molecular weight is 427 g/mol. The molecule has 1 aromatic carbocycles. The maximum Gasteiger partial charge on any atom is 0.338 e. The van der Waals surface area contributed by atoms with Gasteiger partial charge in [-0.1, -0.05) is 13.3 Å². The minimum absolute atomic E-state index is 0.248. The van der Waals surface area contributed by atoms with E-state index in [1.54, 1.807) is 19.1 Å². The highest BCUT2D eigenvalue weighted by Gasteiger charge is 2.34. The Bertz CT molecular complexity index is 733. The molecule has 7 nitrogen and oxygen atoms in total. The van der Waals surface area contributed by atoms with E-state index >= 15 is 0 Å². The van der Waals surface area contributed by atoms with Crippen LogP contribution in [-0.4, -0.2) is 32.8 Å². The number of allylic oxidation sites excluding steroid dienone is 1. The number of nitrogens with one attached hydrogen (secondary N) is 2. The lowest BCUT2D eigenvalue weighted by Gasteiger charge is -2.30. The van der Waals surface area contributed by atoms with Gasteiger partial charge in [0.15, 0.2) is 11.5 Å². The second-order valence-electron chi connectivity index (χ2n) is 5.63. The fourth-order valence-electron chi connectivity index (χ4n) is 2.87. The van der Waals surface area contributed by atoms with Gasteiger partial charge < -0.3 is 24.8 Å². The van der Waals surface area contributed by atoms with E-state index in [0.717, 1.165) is 6.42 Å². The van der Waals surface area contributed by atoms with E-state index in [9.17, 15) is 9.59 Å². The van der Waals surface area contributed by atoms with Crippen molar-refractivity contribution in [1.82, 2.24) is 10.6 Å². The van der Waals surface area contributed by atoms with Crippen molar-refractivity contribution in [2.24, 2.45) is 0 Å². The summed E-state index contributed by atoms with van der Waals surface area (Å²) in [6.45, 7) is 3.97. The van der Waals surface area contributed by atoms with Gasteiger partial charge in [-0.15, -0.1) is 0 Å². The van der Waals surface area contributed by atoms with Crippen LogP contribution in [0.2, 0.25) is 0 Å². The molecule has 1 aliphatic heterocycles. The van der Waals surface area contributed by atoms with E-state index in [2.05, 4.69) is 26.6 Å². The number of amides is 2. The molecule has 0 bridgehead atoms. The molecule has 1 unspecified atom stereocenters. The number of carbonyl (C=O) groups is 2. The van der Waals surface area contributed by atoms with Gasteiger partial charge in [0.1, 0.15) is 0 Å². The van der Waals surface area contributed by atoms with Crippen molar-refractivity contribution >= 4 is 27.9 Å². The number of benzene rings is 1. The summed E-state index contributed by atoms with van der Waals surface area (Å²) in [5, 5.41) is 5.53. The number of esters is 1. The maximum absolute atomic E-state index is 12.6. The lowest BCUT2D eigenvalue weighted by Crippen LogP contribution is -2.46. The smallest absolute Gasteiger partial charge is 0.338 e. The van der Waals surface area contributed by atoms with Gasteiger partial charge in [0, 0.05) is 5.70 Å². The molecule has 0 fully saturated rings. The van der Waals surface area contributed by atoms with Crippen molar-refractivity contribution in [3.05, 3.63) is 33.4 Å². The molecule has 0 saturated heterocycles. The second kappa shape index (κ2) is 8.93. The van der Waals surface area contributed by atoms with Crippen LogP contribution in [-0.2, 0) is 9.53 Å². The predicted octanol–water partition coefficient (Wildman–Crippen LogP) is 3.44. The molecule has 0 aromatic heterocycles. The highest BCUT2D eigenvalue weighted by molar-refractivity contribution is 9.10. The van der Waals surface area contributed by atoms with Gasteiger partial charge >= 0.3 is 12.0 Å². The van der Waals surface area contributed by atoms with Crippen LogP contribution in [0.25, 0.3) is 0 Å². The minimum atomic E-state index is -0.652. The third kappa shape index (κ3) is 4.12.